The molecule has 0 bridgehead atoms. The summed E-state index contributed by atoms with van der Waals surface area (Å²) in [5.41, 5.74) is 4.47. The first-order valence-corrected chi connectivity index (χ1v) is 10.2. The van der Waals surface area contributed by atoms with Crippen LogP contribution in [0.5, 0.6) is 0 Å². The molecule has 6 nitrogen and oxygen atoms in total. The molecule has 0 unspecified atom stereocenters. The smallest absolute Gasteiger partial charge is 0.414 e. The molecule has 2 N–H and O–H groups in total. The van der Waals surface area contributed by atoms with Gasteiger partial charge >= 0.3 is 6.09 Å². The number of amides is 3. The van der Waals surface area contributed by atoms with Crippen LogP contribution in [0.15, 0.2) is 18.2 Å². The van der Waals surface area contributed by atoms with E-state index in [9.17, 15) is 14.4 Å². The van der Waals surface area contributed by atoms with Gasteiger partial charge in [0.15, 0.2) is 0 Å². The Kier molecular flexibility index (Phi) is 6.14. The summed E-state index contributed by atoms with van der Waals surface area (Å²) in [6, 6.07) is 5.97. The van der Waals surface area contributed by atoms with Gasteiger partial charge in [0.2, 0.25) is 5.91 Å². The number of carbonyl (C=O) groups is 3. The summed E-state index contributed by atoms with van der Waals surface area (Å²) in [4.78, 5) is 38.0. The first-order valence-electron chi connectivity index (χ1n) is 9.37. The van der Waals surface area contributed by atoms with Crippen LogP contribution in [-0.4, -0.2) is 24.5 Å². The van der Waals surface area contributed by atoms with Gasteiger partial charge in [-0.25, -0.2) is 4.79 Å². The molecule has 1 aliphatic carbocycles. The molecule has 1 aromatic heterocycles. The highest BCUT2D eigenvalue weighted by molar-refractivity contribution is 7.17. The van der Waals surface area contributed by atoms with E-state index in [-0.39, 0.29) is 18.9 Å². The lowest BCUT2D eigenvalue weighted by molar-refractivity contribution is -0.115. The number of aryl methyl sites for hydroxylation is 3. The van der Waals surface area contributed by atoms with Crippen LogP contribution < -0.4 is 10.6 Å². The van der Waals surface area contributed by atoms with E-state index < -0.39 is 12.0 Å². The number of thiophene rings is 1. The maximum atomic E-state index is 12.6. The van der Waals surface area contributed by atoms with E-state index in [2.05, 4.69) is 10.6 Å². The number of rotatable bonds is 5. The monoisotopic (exact) mass is 400 g/mol. The lowest BCUT2D eigenvalue weighted by Gasteiger charge is -2.10. The van der Waals surface area contributed by atoms with Crippen molar-refractivity contribution in [1.29, 1.82) is 0 Å². The predicted molar refractivity (Wildman–Crippen MR) is 109 cm³/mol. The average molecular weight is 401 g/mol. The van der Waals surface area contributed by atoms with Gasteiger partial charge in [-0.15, -0.1) is 11.3 Å². The third kappa shape index (κ3) is 4.42. The van der Waals surface area contributed by atoms with E-state index in [0.717, 1.165) is 46.4 Å². The molecule has 0 atom stereocenters. The highest BCUT2D eigenvalue weighted by atomic mass is 32.1. The molecule has 0 aliphatic heterocycles. The lowest BCUT2D eigenvalue weighted by atomic mass is 10.0. The largest absolute Gasteiger partial charge is 0.450 e. The number of ether oxygens (including phenoxy) is 1. The number of benzene rings is 1. The molecular weight excluding hydrogens is 376 g/mol. The first kappa shape index (κ1) is 20.1. The Balaban J connectivity index is 1.79. The molecule has 0 radical (unpaired) electrons. The van der Waals surface area contributed by atoms with Crippen molar-refractivity contribution in [2.75, 3.05) is 11.9 Å². The second kappa shape index (κ2) is 8.56. The molecule has 3 rings (SSSR count). The Hall–Kier alpha value is -2.67. The second-order valence-electron chi connectivity index (χ2n) is 6.89. The van der Waals surface area contributed by atoms with Crippen molar-refractivity contribution in [2.45, 2.75) is 46.5 Å². The Labute approximate surface area is 168 Å². The Morgan fingerprint density at radius 2 is 1.96 bits per heavy atom. The molecule has 1 heterocycles. The van der Waals surface area contributed by atoms with Gasteiger partial charge in [-0.2, -0.15) is 0 Å². The van der Waals surface area contributed by atoms with Crippen molar-refractivity contribution in [2.24, 2.45) is 0 Å². The number of hydrogen-bond donors (Lipinski definition) is 2. The van der Waals surface area contributed by atoms with Crippen molar-refractivity contribution in [3.8, 4) is 0 Å². The van der Waals surface area contributed by atoms with E-state index in [1.54, 1.807) is 6.92 Å². The van der Waals surface area contributed by atoms with E-state index >= 15 is 0 Å². The third-order valence-corrected chi connectivity index (χ3v) is 5.95. The standard InChI is InChI=1S/C21H24N2O4S/c1-4-27-21(26)23-19(25)18-15-6-5-7-16(15)28-20(18)22-17(24)11-14-9-8-12(2)10-13(14)3/h8-10H,4-7,11H2,1-3H3,(H,22,24)(H,23,25,26). The Morgan fingerprint density at radius 1 is 1.18 bits per heavy atom. The highest BCUT2D eigenvalue weighted by Crippen LogP contribution is 2.39. The molecule has 1 aromatic carbocycles. The maximum absolute atomic E-state index is 12.6. The SMILES string of the molecule is CCOC(=O)NC(=O)c1c(NC(=O)Cc2ccc(C)cc2C)sc2c1CCC2. The summed E-state index contributed by atoms with van der Waals surface area (Å²) in [5.74, 6) is -0.711. The zero-order valence-corrected chi connectivity index (χ0v) is 17.1. The number of imide groups is 1. The summed E-state index contributed by atoms with van der Waals surface area (Å²) in [7, 11) is 0. The fourth-order valence-corrected chi connectivity index (χ4v) is 4.75. The molecule has 0 saturated heterocycles. The van der Waals surface area contributed by atoms with Crippen LogP contribution in [0.25, 0.3) is 0 Å². The summed E-state index contributed by atoms with van der Waals surface area (Å²) < 4.78 is 4.80. The number of anilines is 1. The number of nitrogens with one attached hydrogen (secondary N) is 2. The maximum Gasteiger partial charge on any atom is 0.414 e. The van der Waals surface area contributed by atoms with Gasteiger partial charge in [0.05, 0.1) is 18.6 Å². The first-order chi connectivity index (χ1) is 13.4. The van der Waals surface area contributed by atoms with E-state index in [4.69, 9.17) is 4.74 Å². The molecule has 0 saturated carbocycles. The van der Waals surface area contributed by atoms with E-state index in [0.29, 0.717) is 10.6 Å². The van der Waals surface area contributed by atoms with Gasteiger partial charge in [0.1, 0.15) is 5.00 Å². The van der Waals surface area contributed by atoms with Crippen molar-refractivity contribution >= 4 is 34.2 Å². The van der Waals surface area contributed by atoms with Crippen molar-refractivity contribution in [1.82, 2.24) is 5.32 Å². The molecule has 0 spiro atoms. The van der Waals surface area contributed by atoms with Gasteiger partial charge in [-0.1, -0.05) is 23.8 Å². The van der Waals surface area contributed by atoms with Crippen LogP contribution in [0.2, 0.25) is 0 Å². The van der Waals surface area contributed by atoms with Gasteiger partial charge < -0.3 is 10.1 Å². The van der Waals surface area contributed by atoms with Crippen LogP contribution >= 0.6 is 11.3 Å². The van der Waals surface area contributed by atoms with Crippen LogP contribution in [0.3, 0.4) is 0 Å². The van der Waals surface area contributed by atoms with Crippen LogP contribution in [0.1, 0.15) is 50.8 Å². The number of hydrogen-bond acceptors (Lipinski definition) is 5. The predicted octanol–water partition coefficient (Wildman–Crippen LogP) is 3.92. The zero-order chi connectivity index (χ0) is 20.3. The van der Waals surface area contributed by atoms with Crippen molar-refractivity contribution in [3.05, 3.63) is 50.9 Å². The quantitative estimate of drug-likeness (QED) is 0.797. The molecule has 3 amide bonds. The van der Waals surface area contributed by atoms with Gasteiger partial charge in [-0.3, -0.25) is 14.9 Å². The minimum atomic E-state index is -0.780. The summed E-state index contributed by atoms with van der Waals surface area (Å²) >= 11 is 1.42. The Morgan fingerprint density at radius 3 is 2.68 bits per heavy atom. The molecule has 2 aromatic rings. The minimum Gasteiger partial charge on any atom is -0.450 e. The normalized spacial score (nSPS) is 12.4. The number of alkyl carbamates (subject to hydrolysis) is 1. The highest BCUT2D eigenvalue weighted by Gasteiger charge is 2.28. The van der Waals surface area contributed by atoms with Crippen LogP contribution in [-0.2, 0) is 28.8 Å². The fraction of sp³-hybridized carbons (Fsp3) is 0.381. The zero-order valence-electron chi connectivity index (χ0n) is 16.3. The molecule has 28 heavy (non-hydrogen) atoms. The molecule has 148 valence electrons. The number of carbonyl (C=O) groups excluding carboxylic acids is 3. The lowest BCUT2D eigenvalue weighted by Crippen LogP contribution is -2.32. The Bertz CT molecular complexity index is 933. The van der Waals surface area contributed by atoms with E-state index in [1.807, 2.05) is 32.0 Å². The van der Waals surface area contributed by atoms with Gasteiger partial charge in [0, 0.05) is 4.88 Å². The summed E-state index contributed by atoms with van der Waals surface area (Å²) in [5, 5.41) is 5.63. The summed E-state index contributed by atoms with van der Waals surface area (Å²) in [6.07, 6.45) is 2.07. The molecule has 0 fully saturated rings. The van der Waals surface area contributed by atoms with Crippen molar-refractivity contribution in [3.63, 3.8) is 0 Å². The average Bonchev–Trinajstić information content (AvgIpc) is 3.18. The van der Waals surface area contributed by atoms with Crippen LogP contribution in [0.4, 0.5) is 9.80 Å². The van der Waals surface area contributed by atoms with E-state index in [1.165, 1.54) is 11.3 Å². The van der Waals surface area contributed by atoms with Crippen molar-refractivity contribution < 1.29 is 19.1 Å². The molecular formula is C21H24N2O4S. The second-order valence-corrected chi connectivity index (χ2v) is 8.00. The molecule has 7 heteroatoms. The molecule has 1 aliphatic rings. The number of fused-ring (bicyclic) bond motifs is 1. The van der Waals surface area contributed by atoms with Crippen LogP contribution in [0, 0.1) is 13.8 Å². The van der Waals surface area contributed by atoms with Gasteiger partial charge in [-0.05, 0) is 56.7 Å². The topological polar surface area (TPSA) is 84.5 Å². The summed E-state index contributed by atoms with van der Waals surface area (Å²) in [6.45, 7) is 5.84. The van der Waals surface area contributed by atoms with Gasteiger partial charge in [0.25, 0.3) is 5.91 Å². The fourth-order valence-electron chi connectivity index (χ4n) is 3.44. The third-order valence-electron chi connectivity index (χ3n) is 4.74. The minimum absolute atomic E-state index is 0.181.